The number of benzene rings is 2. The molecule has 1 aliphatic heterocycles. The number of aromatic amines is 1. The van der Waals surface area contributed by atoms with Gasteiger partial charge in [-0.15, -0.1) is 0 Å². The zero-order valence-corrected chi connectivity index (χ0v) is 18.1. The van der Waals surface area contributed by atoms with Gasteiger partial charge in [-0.25, -0.2) is 4.98 Å². The fraction of sp³-hybridized carbons (Fsp3) is 0.280. The average Bonchev–Trinajstić information content (AvgIpc) is 3.33. The lowest BCUT2D eigenvalue weighted by Gasteiger charge is -2.39. The second kappa shape index (κ2) is 8.88. The van der Waals surface area contributed by atoms with E-state index in [0.717, 1.165) is 35.9 Å². The van der Waals surface area contributed by atoms with Crippen LogP contribution in [0.2, 0.25) is 0 Å². The zero-order chi connectivity index (χ0) is 21.9. The third-order valence-corrected chi connectivity index (χ3v) is 6.09. The quantitative estimate of drug-likeness (QED) is 0.529. The van der Waals surface area contributed by atoms with E-state index >= 15 is 0 Å². The standard InChI is InChI=1S/C25H26N6O/c1-30-12-13-31(24(32)9-8-21-15-26-10-11-27-21)23(17-30)25-28-16-22(29-25)20-7-6-18-4-2-3-5-19(18)14-20/h2-7,10-11,14-16,23H,8-9,12-13,17H2,1H3,(H,28,29). The van der Waals surface area contributed by atoms with Crippen molar-refractivity contribution in [2.24, 2.45) is 0 Å². The molecule has 7 heteroatoms. The Morgan fingerprint density at radius 1 is 1.06 bits per heavy atom. The van der Waals surface area contributed by atoms with E-state index in [1.165, 1.54) is 10.8 Å². The summed E-state index contributed by atoms with van der Waals surface area (Å²) in [6.45, 7) is 2.29. The number of nitrogens with one attached hydrogen (secondary N) is 1. The first-order chi connectivity index (χ1) is 15.7. The number of aryl methyl sites for hydroxylation is 1. The maximum Gasteiger partial charge on any atom is 0.223 e. The molecule has 1 saturated heterocycles. The van der Waals surface area contributed by atoms with Crippen LogP contribution in [0.15, 0.2) is 67.3 Å². The van der Waals surface area contributed by atoms with Gasteiger partial charge >= 0.3 is 0 Å². The Morgan fingerprint density at radius 2 is 1.94 bits per heavy atom. The van der Waals surface area contributed by atoms with Crippen molar-refractivity contribution in [1.82, 2.24) is 29.7 Å². The van der Waals surface area contributed by atoms with E-state index < -0.39 is 0 Å². The number of amides is 1. The monoisotopic (exact) mass is 426 g/mol. The van der Waals surface area contributed by atoms with Crippen molar-refractivity contribution in [2.45, 2.75) is 18.9 Å². The molecule has 1 atom stereocenters. The van der Waals surface area contributed by atoms with Crippen molar-refractivity contribution in [3.63, 3.8) is 0 Å². The largest absolute Gasteiger partial charge is 0.340 e. The Bertz CT molecular complexity index is 1220. The molecule has 0 saturated carbocycles. The molecule has 7 nitrogen and oxygen atoms in total. The lowest BCUT2D eigenvalue weighted by Crippen LogP contribution is -2.49. The molecule has 162 valence electrons. The van der Waals surface area contributed by atoms with Gasteiger partial charge in [-0.05, 0) is 30.3 Å². The Hall–Kier alpha value is -3.58. The number of likely N-dealkylation sites (N-methyl/N-ethyl adjacent to an activating group) is 1. The smallest absolute Gasteiger partial charge is 0.223 e. The minimum atomic E-state index is -0.0997. The fourth-order valence-electron chi connectivity index (χ4n) is 4.30. The molecule has 2 aromatic carbocycles. The molecule has 0 spiro atoms. The average molecular weight is 427 g/mol. The van der Waals surface area contributed by atoms with Crippen LogP contribution in [0.1, 0.15) is 24.0 Å². The summed E-state index contributed by atoms with van der Waals surface area (Å²) in [5.41, 5.74) is 2.89. The van der Waals surface area contributed by atoms with Crippen LogP contribution in [-0.2, 0) is 11.2 Å². The van der Waals surface area contributed by atoms with Crippen molar-refractivity contribution >= 4 is 16.7 Å². The molecule has 0 radical (unpaired) electrons. The van der Waals surface area contributed by atoms with E-state index in [4.69, 9.17) is 0 Å². The van der Waals surface area contributed by atoms with Gasteiger partial charge in [0.15, 0.2) is 0 Å². The third kappa shape index (κ3) is 4.24. The number of imidazole rings is 1. The van der Waals surface area contributed by atoms with Crippen LogP contribution in [0.5, 0.6) is 0 Å². The van der Waals surface area contributed by atoms with Crippen LogP contribution in [0, 0.1) is 0 Å². The van der Waals surface area contributed by atoms with Crippen molar-refractivity contribution in [2.75, 3.05) is 26.7 Å². The first-order valence-electron chi connectivity index (χ1n) is 10.9. The summed E-state index contributed by atoms with van der Waals surface area (Å²) < 4.78 is 0. The highest BCUT2D eigenvalue weighted by Crippen LogP contribution is 2.28. The number of hydrogen-bond acceptors (Lipinski definition) is 5. The topological polar surface area (TPSA) is 78.0 Å². The molecule has 32 heavy (non-hydrogen) atoms. The predicted octanol–water partition coefficient (Wildman–Crippen LogP) is 3.47. The summed E-state index contributed by atoms with van der Waals surface area (Å²) in [6, 6.07) is 14.6. The highest BCUT2D eigenvalue weighted by atomic mass is 16.2. The van der Waals surface area contributed by atoms with Gasteiger partial charge < -0.3 is 14.8 Å². The number of hydrogen-bond donors (Lipinski definition) is 1. The van der Waals surface area contributed by atoms with Gasteiger partial charge in [0.05, 0.1) is 17.6 Å². The SMILES string of the molecule is CN1CCN(C(=O)CCc2cnccn2)C(c2ncc(-c3ccc4ccccc4c3)[nH]2)C1. The minimum absolute atomic E-state index is 0.0997. The molecule has 1 unspecified atom stereocenters. The molecule has 5 rings (SSSR count). The highest BCUT2D eigenvalue weighted by molar-refractivity contribution is 5.86. The normalized spacial score (nSPS) is 17.0. The molecule has 1 fully saturated rings. The molecule has 4 aromatic rings. The van der Waals surface area contributed by atoms with E-state index in [0.29, 0.717) is 19.4 Å². The molecule has 1 amide bonds. The second-order valence-electron chi connectivity index (χ2n) is 8.31. The third-order valence-electron chi connectivity index (χ3n) is 6.09. The Labute approximate surface area is 187 Å². The van der Waals surface area contributed by atoms with Crippen molar-refractivity contribution < 1.29 is 4.79 Å². The molecule has 1 N–H and O–H groups in total. The van der Waals surface area contributed by atoms with E-state index in [-0.39, 0.29) is 11.9 Å². The molecule has 2 aromatic heterocycles. The van der Waals surface area contributed by atoms with Gasteiger partial charge in [-0.3, -0.25) is 14.8 Å². The van der Waals surface area contributed by atoms with Crippen molar-refractivity contribution in [3.05, 3.63) is 78.8 Å². The molecular weight excluding hydrogens is 400 g/mol. The van der Waals surface area contributed by atoms with Crippen LogP contribution >= 0.6 is 0 Å². The Balaban J connectivity index is 1.36. The summed E-state index contributed by atoms with van der Waals surface area (Å²) in [5, 5.41) is 2.41. The van der Waals surface area contributed by atoms with E-state index in [1.807, 2.05) is 23.2 Å². The Kier molecular flexibility index (Phi) is 5.64. The van der Waals surface area contributed by atoms with Crippen LogP contribution in [-0.4, -0.2) is 62.3 Å². The molecule has 3 heterocycles. The summed E-state index contributed by atoms with van der Waals surface area (Å²) >= 11 is 0. The summed E-state index contributed by atoms with van der Waals surface area (Å²) in [5.74, 6) is 0.949. The number of carbonyl (C=O) groups is 1. The minimum Gasteiger partial charge on any atom is -0.340 e. The van der Waals surface area contributed by atoms with Gasteiger partial charge in [0.25, 0.3) is 0 Å². The number of rotatable bonds is 5. The first kappa shape index (κ1) is 20.3. The molecular formula is C25H26N6O. The predicted molar refractivity (Wildman–Crippen MR) is 124 cm³/mol. The lowest BCUT2D eigenvalue weighted by atomic mass is 10.1. The van der Waals surface area contributed by atoms with Gasteiger partial charge in [0, 0.05) is 50.2 Å². The molecule has 0 aliphatic carbocycles. The zero-order valence-electron chi connectivity index (χ0n) is 18.1. The summed E-state index contributed by atoms with van der Waals surface area (Å²) in [7, 11) is 2.08. The van der Waals surface area contributed by atoms with E-state index in [9.17, 15) is 4.79 Å². The first-order valence-corrected chi connectivity index (χ1v) is 10.9. The second-order valence-corrected chi connectivity index (χ2v) is 8.31. The number of piperazine rings is 1. The number of H-pyrrole nitrogens is 1. The fourth-order valence-corrected chi connectivity index (χ4v) is 4.30. The number of aromatic nitrogens is 4. The number of carbonyl (C=O) groups excluding carboxylic acids is 1. The Morgan fingerprint density at radius 3 is 2.78 bits per heavy atom. The number of fused-ring (bicyclic) bond motifs is 1. The van der Waals surface area contributed by atoms with Gasteiger partial charge in [-0.2, -0.15) is 0 Å². The highest BCUT2D eigenvalue weighted by Gasteiger charge is 2.32. The maximum absolute atomic E-state index is 13.1. The van der Waals surface area contributed by atoms with Gasteiger partial charge in [0.1, 0.15) is 11.9 Å². The maximum atomic E-state index is 13.1. The summed E-state index contributed by atoms with van der Waals surface area (Å²) in [6.07, 6.45) is 7.90. The van der Waals surface area contributed by atoms with E-state index in [2.05, 4.69) is 62.2 Å². The van der Waals surface area contributed by atoms with Crippen LogP contribution in [0.3, 0.4) is 0 Å². The lowest BCUT2D eigenvalue weighted by molar-refractivity contribution is -0.136. The van der Waals surface area contributed by atoms with Gasteiger partial charge in [-0.1, -0.05) is 36.4 Å². The van der Waals surface area contributed by atoms with Crippen LogP contribution in [0.4, 0.5) is 0 Å². The van der Waals surface area contributed by atoms with Crippen LogP contribution < -0.4 is 0 Å². The van der Waals surface area contributed by atoms with Crippen LogP contribution in [0.25, 0.3) is 22.0 Å². The summed E-state index contributed by atoms with van der Waals surface area (Å²) in [4.78, 5) is 33.9. The van der Waals surface area contributed by atoms with Crippen molar-refractivity contribution in [3.8, 4) is 11.3 Å². The van der Waals surface area contributed by atoms with Crippen molar-refractivity contribution in [1.29, 1.82) is 0 Å². The van der Waals surface area contributed by atoms with Gasteiger partial charge in [0.2, 0.25) is 5.91 Å². The molecule has 0 bridgehead atoms. The molecule has 1 aliphatic rings. The number of nitrogens with zero attached hydrogens (tertiary/aromatic N) is 5. The van der Waals surface area contributed by atoms with E-state index in [1.54, 1.807) is 18.6 Å².